The molecule has 4 rings (SSSR count). The summed E-state index contributed by atoms with van der Waals surface area (Å²) in [6, 6.07) is 7.98. The van der Waals surface area contributed by atoms with Gasteiger partial charge in [0.25, 0.3) is 0 Å². The van der Waals surface area contributed by atoms with Gasteiger partial charge in [-0.1, -0.05) is 39.0 Å². The molecule has 2 bridgehead atoms. The van der Waals surface area contributed by atoms with Gasteiger partial charge in [-0.25, -0.2) is 4.79 Å². The molecule has 108 valence electrons. The molecule has 0 N–H and O–H groups in total. The van der Waals surface area contributed by atoms with Crippen LogP contribution in [0.5, 0.6) is 0 Å². The molecular formula is C18H24O2. The van der Waals surface area contributed by atoms with E-state index in [1.54, 1.807) is 0 Å². The van der Waals surface area contributed by atoms with Crippen LogP contribution in [-0.2, 0) is 4.74 Å². The average Bonchev–Trinajstić information content (AvgIpc) is 2.46. The largest absolute Gasteiger partial charge is 0.465 e. The summed E-state index contributed by atoms with van der Waals surface area (Å²) in [6.07, 6.45) is 2.57. The van der Waals surface area contributed by atoms with Crippen molar-refractivity contribution in [3.05, 3.63) is 35.4 Å². The second-order valence-corrected chi connectivity index (χ2v) is 7.14. The number of hydrogen-bond donors (Lipinski definition) is 0. The lowest BCUT2D eigenvalue weighted by atomic mass is 9.43. The fourth-order valence-electron chi connectivity index (χ4n) is 4.68. The van der Waals surface area contributed by atoms with Crippen LogP contribution in [0.25, 0.3) is 0 Å². The molecule has 3 aliphatic rings. The number of carbonyl (C=O) groups excluding carboxylic acids is 1. The van der Waals surface area contributed by atoms with E-state index in [2.05, 4.69) is 26.8 Å². The SMILES string of the molecule is COC(=O)c1ccccc1[C@@H]1C[C@H]2C[C@@H]([C@@H]1C)C2(C)C. The van der Waals surface area contributed by atoms with E-state index in [-0.39, 0.29) is 5.97 Å². The summed E-state index contributed by atoms with van der Waals surface area (Å²) >= 11 is 0. The van der Waals surface area contributed by atoms with Crippen LogP contribution in [-0.4, -0.2) is 13.1 Å². The maximum absolute atomic E-state index is 12.0. The quantitative estimate of drug-likeness (QED) is 0.752. The van der Waals surface area contributed by atoms with Gasteiger partial charge >= 0.3 is 5.97 Å². The highest BCUT2D eigenvalue weighted by Gasteiger charge is 2.56. The van der Waals surface area contributed by atoms with Crippen molar-refractivity contribution in [1.82, 2.24) is 0 Å². The Balaban J connectivity index is 1.94. The fraction of sp³-hybridized carbons (Fsp3) is 0.611. The molecular weight excluding hydrogens is 248 g/mol. The molecule has 0 unspecified atom stereocenters. The minimum absolute atomic E-state index is 0.202. The van der Waals surface area contributed by atoms with Crippen LogP contribution in [0.3, 0.4) is 0 Å². The lowest BCUT2D eigenvalue weighted by Gasteiger charge is -2.62. The molecule has 1 aromatic rings. The number of carbonyl (C=O) groups is 1. The van der Waals surface area contributed by atoms with Gasteiger partial charge < -0.3 is 4.74 Å². The van der Waals surface area contributed by atoms with E-state index in [4.69, 9.17) is 4.74 Å². The van der Waals surface area contributed by atoms with E-state index in [1.165, 1.54) is 25.5 Å². The van der Waals surface area contributed by atoms with Gasteiger partial charge in [0.2, 0.25) is 0 Å². The smallest absolute Gasteiger partial charge is 0.338 e. The molecule has 0 aromatic heterocycles. The maximum Gasteiger partial charge on any atom is 0.338 e. The van der Waals surface area contributed by atoms with Gasteiger partial charge in [0.1, 0.15) is 0 Å². The van der Waals surface area contributed by atoms with Crippen molar-refractivity contribution in [3.63, 3.8) is 0 Å². The third-order valence-corrected chi connectivity index (χ3v) is 6.12. The summed E-state index contributed by atoms with van der Waals surface area (Å²) in [7, 11) is 1.46. The molecule has 0 saturated heterocycles. The van der Waals surface area contributed by atoms with Gasteiger partial charge in [-0.2, -0.15) is 0 Å². The van der Waals surface area contributed by atoms with Crippen molar-refractivity contribution in [1.29, 1.82) is 0 Å². The molecule has 3 saturated carbocycles. The first kappa shape index (κ1) is 13.7. The Morgan fingerprint density at radius 2 is 1.95 bits per heavy atom. The topological polar surface area (TPSA) is 26.3 Å². The second kappa shape index (κ2) is 4.61. The molecule has 0 spiro atoms. The van der Waals surface area contributed by atoms with Gasteiger partial charge in [-0.3, -0.25) is 0 Å². The summed E-state index contributed by atoms with van der Waals surface area (Å²) in [5.41, 5.74) is 2.43. The van der Waals surface area contributed by atoms with Gasteiger partial charge in [0, 0.05) is 0 Å². The van der Waals surface area contributed by atoms with Crippen molar-refractivity contribution in [2.24, 2.45) is 23.2 Å². The molecule has 2 nitrogen and oxygen atoms in total. The van der Waals surface area contributed by atoms with Gasteiger partial charge in [-0.05, 0) is 53.6 Å². The van der Waals surface area contributed by atoms with E-state index in [0.29, 0.717) is 17.3 Å². The molecule has 20 heavy (non-hydrogen) atoms. The monoisotopic (exact) mass is 272 g/mol. The van der Waals surface area contributed by atoms with Crippen LogP contribution in [0.1, 0.15) is 55.5 Å². The predicted molar refractivity (Wildman–Crippen MR) is 79.7 cm³/mol. The average molecular weight is 272 g/mol. The van der Waals surface area contributed by atoms with Crippen LogP contribution in [0, 0.1) is 23.2 Å². The first-order chi connectivity index (χ1) is 9.46. The second-order valence-electron chi connectivity index (χ2n) is 7.14. The van der Waals surface area contributed by atoms with Crippen molar-refractivity contribution < 1.29 is 9.53 Å². The van der Waals surface area contributed by atoms with Crippen LogP contribution in [0.4, 0.5) is 0 Å². The van der Waals surface area contributed by atoms with Crippen molar-refractivity contribution >= 4 is 5.97 Å². The highest BCUT2D eigenvalue weighted by Crippen LogP contribution is 2.65. The highest BCUT2D eigenvalue weighted by molar-refractivity contribution is 5.91. The normalized spacial score (nSPS) is 34.2. The number of ether oxygens (including phenoxy) is 1. The number of rotatable bonds is 2. The van der Waals surface area contributed by atoms with E-state index < -0.39 is 0 Å². The fourth-order valence-corrected chi connectivity index (χ4v) is 4.68. The Morgan fingerprint density at radius 1 is 1.25 bits per heavy atom. The number of methoxy groups -OCH3 is 1. The Kier molecular flexibility index (Phi) is 3.15. The van der Waals surface area contributed by atoms with Crippen LogP contribution in [0.2, 0.25) is 0 Å². The Bertz CT molecular complexity index is 532. The third kappa shape index (κ3) is 1.81. The Hall–Kier alpha value is -1.31. The molecule has 4 atom stereocenters. The molecule has 3 aliphatic carbocycles. The number of fused-ring (bicyclic) bond motifs is 2. The molecule has 0 aliphatic heterocycles. The zero-order valence-corrected chi connectivity index (χ0v) is 12.8. The minimum atomic E-state index is -0.202. The van der Waals surface area contributed by atoms with Gasteiger partial charge in [0.15, 0.2) is 0 Å². The van der Waals surface area contributed by atoms with Crippen LogP contribution in [0.15, 0.2) is 24.3 Å². The summed E-state index contributed by atoms with van der Waals surface area (Å²) in [6.45, 7) is 7.18. The van der Waals surface area contributed by atoms with E-state index in [0.717, 1.165) is 17.4 Å². The van der Waals surface area contributed by atoms with Gasteiger partial charge in [-0.15, -0.1) is 0 Å². The first-order valence-electron chi connectivity index (χ1n) is 7.64. The zero-order chi connectivity index (χ0) is 14.5. The number of benzene rings is 1. The molecule has 1 aromatic carbocycles. The summed E-state index contributed by atoms with van der Waals surface area (Å²) in [5.74, 6) is 2.53. The Morgan fingerprint density at radius 3 is 2.55 bits per heavy atom. The zero-order valence-electron chi connectivity index (χ0n) is 12.8. The van der Waals surface area contributed by atoms with Crippen molar-refractivity contribution in [3.8, 4) is 0 Å². The summed E-state index contributed by atoms with van der Waals surface area (Å²) < 4.78 is 4.94. The molecule has 2 heteroatoms. The number of hydrogen-bond acceptors (Lipinski definition) is 2. The van der Waals surface area contributed by atoms with E-state index in [9.17, 15) is 4.79 Å². The standard InChI is InChI=1S/C18H24O2/c1-11-15(9-12-10-16(11)18(12,2)3)13-7-5-6-8-14(13)17(19)20-4/h5-8,11-12,15-16H,9-10H2,1-4H3/t11-,12+,15-,16+/m1/s1. The maximum atomic E-state index is 12.0. The molecule has 3 fully saturated rings. The minimum Gasteiger partial charge on any atom is -0.465 e. The third-order valence-electron chi connectivity index (χ3n) is 6.12. The Labute approximate surface area is 121 Å². The summed E-state index contributed by atoms with van der Waals surface area (Å²) in [5, 5.41) is 0. The lowest BCUT2D eigenvalue weighted by Crippen LogP contribution is -2.54. The van der Waals surface area contributed by atoms with Crippen LogP contribution < -0.4 is 0 Å². The van der Waals surface area contributed by atoms with Gasteiger partial charge in [0.05, 0.1) is 12.7 Å². The first-order valence-corrected chi connectivity index (χ1v) is 7.64. The number of esters is 1. The van der Waals surface area contributed by atoms with E-state index in [1.807, 2.05) is 18.2 Å². The molecule has 0 amide bonds. The molecule has 0 radical (unpaired) electrons. The summed E-state index contributed by atoms with van der Waals surface area (Å²) in [4.78, 5) is 12.0. The van der Waals surface area contributed by atoms with Crippen molar-refractivity contribution in [2.75, 3.05) is 7.11 Å². The molecule has 0 heterocycles. The predicted octanol–water partition coefficient (Wildman–Crippen LogP) is 4.26. The lowest BCUT2D eigenvalue weighted by molar-refractivity contribution is -0.110. The van der Waals surface area contributed by atoms with Crippen molar-refractivity contribution in [2.45, 2.75) is 39.5 Å². The highest BCUT2D eigenvalue weighted by atomic mass is 16.5. The van der Waals surface area contributed by atoms with E-state index >= 15 is 0 Å². The van der Waals surface area contributed by atoms with Crippen LogP contribution >= 0.6 is 0 Å².